The van der Waals surface area contributed by atoms with E-state index in [0.717, 1.165) is 0 Å². The van der Waals surface area contributed by atoms with Crippen molar-refractivity contribution in [3.63, 3.8) is 0 Å². The maximum atomic E-state index is 11.0. The zero-order valence-corrected chi connectivity index (χ0v) is 9.77. The molecule has 1 unspecified atom stereocenters. The number of nitrogens with zero attached hydrogens (tertiary/aromatic N) is 5. The number of carbonyl (C=O) groups is 1. The summed E-state index contributed by atoms with van der Waals surface area (Å²) in [6.07, 6.45) is 0.687. The van der Waals surface area contributed by atoms with Gasteiger partial charge in [0.2, 0.25) is 5.16 Å². The first-order valence-electron chi connectivity index (χ1n) is 4.60. The number of ether oxygens (including phenoxy) is 1. The monoisotopic (exact) mass is 241 g/mol. The van der Waals surface area contributed by atoms with Gasteiger partial charge in [0.25, 0.3) is 0 Å². The summed E-state index contributed by atoms with van der Waals surface area (Å²) < 4.78 is 5.82. The Morgan fingerprint density at radius 3 is 3.06 bits per heavy atom. The molecular formula is C8H11N5O2S. The summed E-state index contributed by atoms with van der Waals surface area (Å²) in [5, 5.41) is 19.9. The predicted octanol–water partition coefficient (Wildman–Crippen LogP) is 0.240. The fourth-order valence-electron chi connectivity index (χ4n) is 0.895. The largest absolute Gasteiger partial charge is 0.468 e. The minimum Gasteiger partial charge on any atom is -0.468 e. The molecule has 7 nitrogen and oxygen atoms in total. The molecule has 1 heterocycles. The molecule has 0 aliphatic heterocycles. The van der Waals surface area contributed by atoms with Crippen LogP contribution in [0.15, 0.2) is 5.16 Å². The summed E-state index contributed by atoms with van der Waals surface area (Å²) in [6.45, 7) is 1.85. The lowest BCUT2D eigenvalue weighted by atomic mass is 10.4. The Kier molecular flexibility index (Phi) is 4.72. The Labute approximate surface area is 96.8 Å². The zero-order valence-electron chi connectivity index (χ0n) is 8.95. The number of methoxy groups -OCH3 is 1. The fourth-order valence-corrected chi connectivity index (χ4v) is 1.68. The van der Waals surface area contributed by atoms with Crippen LogP contribution in [0.1, 0.15) is 13.3 Å². The van der Waals surface area contributed by atoms with Gasteiger partial charge in [-0.1, -0.05) is 18.7 Å². The van der Waals surface area contributed by atoms with Gasteiger partial charge in [0, 0.05) is 0 Å². The van der Waals surface area contributed by atoms with Crippen molar-refractivity contribution in [2.45, 2.75) is 30.3 Å². The maximum absolute atomic E-state index is 11.0. The van der Waals surface area contributed by atoms with Crippen molar-refractivity contribution in [3.05, 3.63) is 0 Å². The molecule has 0 radical (unpaired) electrons. The fraction of sp³-hybridized carbons (Fsp3) is 0.625. The molecule has 0 aliphatic rings. The molecule has 0 aliphatic carbocycles. The minimum absolute atomic E-state index is 0.0479. The third-order valence-electron chi connectivity index (χ3n) is 1.77. The number of tetrazole rings is 1. The summed E-state index contributed by atoms with van der Waals surface area (Å²) in [6, 6.07) is 2.12. The van der Waals surface area contributed by atoms with Gasteiger partial charge in [-0.25, -0.2) is 4.68 Å². The molecule has 0 amide bonds. The van der Waals surface area contributed by atoms with Gasteiger partial charge in [-0.2, -0.15) is 5.26 Å². The third kappa shape index (κ3) is 3.20. The first-order chi connectivity index (χ1) is 7.71. The summed E-state index contributed by atoms with van der Waals surface area (Å²) in [5.74, 6) is -0.431. The van der Waals surface area contributed by atoms with Gasteiger partial charge >= 0.3 is 5.97 Å². The molecule has 1 atom stereocenters. The molecule has 1 aromatic rings. The standard InChI is InChI=1S/C8H11N5O2S/c1-3-6(4-9)16-8-10-11-12-13(8)5-7(14)15-2/h6H,3,5H2,1-2H3. The normalized spacial score (nSPS) is 11.8. The molecule has 8 heteroatoms. The van der Waals surface area contributed by atoms with Crippen LogP contribution in [-0.4, -0.2) is 38.5 Å². The zero-order chi connectivity index (χ0) is 12.0. The molecule has 0 spiro atoms. The van der Waals surface area contributed by atoms with Crippen LogP contribution in [0.5, 0.6) is 0 Å². The Balaban J connectivity index is 2.71. The number of thioether (sulfide) groups is 1. The summed E-state index contributed by atoms with van der Waals surface area (Å²) in [4.78, 5) is 11.0. The van der Waals surface area contributed by atoms with Crippen LogP contribution in [-0.2, 0) is 16.1 Å². The molecule has 0 fully saturated rings. The molecule has 0 saturated heterocycles. The van der Waals surface area contributed by atoms with Crippen LogP contribution in [0.4, 0.5) is 0 Å². The number of carbonyl (C=O) groups excluding carboxylic acids is 1. The van der Waals surface area contributed by atoms with Crippen molar-refractivity contribution in [1.29, 1.82) is 5.26 Å². The van der Waals surface area contributed by atoms with Gasteiger partial charge in [-0.3, -0.25) is 4.79 Å². The molecule has 0 N–H and O–H groups in total. The number of esters is 1. The van der Waals surface area contributed by atoms with Crippen molar-refractivity contribution < 1.29 is 9.53 Å². The summed E-state index contributed by atoms with van der Waals surface area (Å²) in [7, 11) is 1.30. The Morgan fingerprint density at radius 2 is 2.50 bits per heavy atom. The third-order valence-corrected chi connectivity index (χ3v) is 2.99. The van der Waals surface area contributed by atoms with E-state index in [-0.39, 0.29) is 11.8 Å². The lowest BCUT2D eigenvalue weighted by Gasteiger charge is -2.05. The Bertz CT molecular complexity index is 399. The van der Waals surface area contributed by atoms with Crippen LogP contribution in [0.25, 0.3) is 0 Å². The number of nitriles is 1. The van der Waals surface area contributed by atoms with E-state index in [1.165, 1.54) is 23.6 Å². The van der Waals surface area contributed by atoms with Crippen LogP contribution < -0.4 is 0 Å². The predicted molar refractivity (Wildman–Crippen MR) is 55.4 cm³/mol. The molecule has 86 valence electrons. The van der Waals surface area contributed by atoms with Crippen LogP contribution >= 0.6 is 11.8 Å². The Hall–Kier alpha value is -1.62. The molecular weight excluding hydrogens is 230 g/mol. The van der Waals surface area contributed by atoms with Gasteiger partial charge in [-0.05, 0) is 16.8 Å². The second kappa shape index (κ2) is 6.07. The van der Waals surface area contributed by atoms with E-state index in [4.69, 9.17) is 5.26 Å². The second-order valence-corrected chi connectivity index (χ2v) is 4.01. The van der Waals surface area contributed by atoms with E-state index in [2.05, 4.69) is 26.3 Å². The van der Waals surface area contributed by atoms with Crippen molar-refractivity contribution in [2.75, 3.05) is 7.11 Å². The maximum Gasteiger partial charge on any atom is 0.327 e. The first kappa shape index (κ1) is 12.4. The van der Waals surface area contributed by atoms with Crippen molar-refractivity contribution in [3.8, 4) is 6.07 Å². The van der Waals surface area contributed by atoms with E-state index in [0.29, 0.717) is 11.6 Å². The highest BCUT2D eigenvalue weighted by atomic mass is 32.2. The minimum atomic E-state index is -0.431. The summed E-state index contributed by atoms with van der Waals surface area (Å²) >= 11 is 1.23. The smallest absolute Gasteiger partial charge is 0.327 e. The summed E-state index contributed by atoms with van der Waals surface area (Å²) in [5.41, 5.74) is 0. The van der Waals surface area contributed by atoms with Crippen molar-refractivity contribution in [2.24, 2.45) is 0 Å². The Morgan fingerprint density at radius 1 is 1.75 bits per heavy atom. The molecule has 0 saturated carbocycles. The molecule has 1 rings (SSSR count). The van der Waals surface area contributed by atoms with Gasteiger partial charge in [-0.15, -0.1) is 5.10 Å². The molecule has 16 heavy (non-hydrogen) atoms. The van der Waals surface area contributed by atoms with Gasteiger partial charge in [0.05, 0.1) is 18.4 Å². The van der Waals surface area contributed by atoms with E-state index in [1.807, 2.05) is 6.92 Å². The lowest BCUT2D eigenvalue weighted by molar-refractivity contribution is -0.141. The molecule has 1 aromatic heterocycles. The number of hydrogen-bond donors (Lipinski definition) is 0. The average molecular weight is 241 g/mol. The van der Waals surface area contributed by atoms with Crippen molar-refractivity contribution >= 4 is 17.7 Å². The first-order valence-corrected chi connectivity index (χ1v) is 5.48. The quantitative estimate of drug-likeness (QED) is 0.538. The van der Waals surface area contributed by atoms with Crippen LogP contribution in [0, 0.1) is 11.3 Å². The topological polar surface area (TPSA) is 93.7 Å². The number of hydrogen-bond acceptors (Lipinski definition) is 7. The number of rotatable bonds is 5. The highest BCUT2D eigenvalue weighted by molar-refractivity contribution is 8.00. The van der Waals surface area contributed by atoms with E-state index in [9.17, 15) is 4.79 Å². The van der Waals surface area contributed by atoms with E-state index < -0.39 is 5.97 Å². The lowest BCUT2D eigenvalue weighted by Crippen LogP contribution is -2.14. The molecule has 0 aromatic carbocycles. The van der Waals surface area contributed by atoms with E-state index in [1.54, 1.807) is 0 Å². The SMILES string of the molecule is CCC(C#N)Sc1nnnn1CC(=O)OC. The van der Waals surface area contributed by atoms with Gasteiger partial charge in [0.15, 0.2) is 0 Å². The molecule has 0 bridgehead atoms. The van der Waals surface area contributed by atoms with Gasteiger partial charge in [0.1, 0.15) is 6.54 Å². The van der Waals surface area contributed by atoms with Crippen molar-refractivity contribution in [1.82, 2.24) is 20.2 Å². The highest BCUT2D eigenvalue weighted by Crippen LogP contribution is 2.21. The number of aromatic nitrogens is 4. The highest BCUT2D eigenvalue weighted by Gasteiger charge is 2.15. The second-order valence-electron chi connectivity index (χ2n) is 2.84. The van der Waals surface area contributed by atoms with Crippen LogP contribution in [0.3, 0.4) is 0 Å². The average Bonchev–Trinajstić information content (AvgIpc) is 2.73. The van der Waals surface area contributed by atoms with E-state index >= 15 is 0 Å². The van der Waals surface area contributed by atoms with Gasteiger partial charge < -0.3 is 4.74 Å². The van der Waals surface area contributed by atoms with Crippen LogP contribution in [0.2, 0.25) is 0 Å².